The number of nitriles is 1. The van der Waals surface area contributed by atoms with Crippen molar-refractivity contribution in [3.05, 3.63) is 11.6 Å². The van der Waals surface area contributed by atoms with Crippen LogP contribution in [0.25, 0.3) is 0 Å². The maximum absolute atomic E-state index is 8.30. The van der Waals surface area contributed by atoms with Crippen molar-refractivity contribution in [2.75, 3.05) is 0 Å². The molecule has 0 aliphatic rings. The van der Waals surface area contributed by atoms with Crippen LogP contribution in [-0.4, -0.2) is 0 Å². The maximum Gasteiger partial charge on any atom is 0.0921 e. The molecule has 0 unspecified atom stereocenters. The average molecular weight is 147 g/mol. The summed E-state index contributed by atoms with van der Waals surface area (Å²) in [5, 5.41) is 8.30. The molecule has 0 saturated heterocycles. The minimum atomic E-state index is 0.820. The number of terminal acetylenes is 1. The van der Waals surface area contributed by atoms with Crippen LogP contribution in [0.1, 0.15) is 32.6 Å². The van der Waals surface area contributed by atoms with Gasteiger partial charge in [0.2, 0.25) is 0 Å². The molecule has 0 aliphatic heterocycles. The molecule has 0 saturated carbocycles. The van der Waals surface area contributed by atoms with Crippen molar-refractivity contribution < 1.29 is 0 Å². The molecule has 0 amide bonds. The van der Waals surface area contributed by atoms with Crippen molar-refractivity contribution in [2.45, 2.75) is 32.6 Å². The third-order valence-corrected chi connectivity index (χ3v) is 1.47. The van der Waals surface area contributed by atoms with Crippen molar-refractivity contribution >= 4 is 0 Å². The van der Waals surface area contributed by atoms with Gasteiger partial charge in [0.1, 0.15) is 0 Å². The second kappa shape index (κ2) is 6.90. The molecule has 1 nitrogen and oxygen atoms in total. The van der Waals surface area contributed by atoms with Crippen LogP contribution in [-0.2, 0) is 0 Å². The number of allylic oxidation sites excluding steroid dienone is 2. The zero-order valence-corrected chi connectivity index (χ0v) is 6.93. The van der Waals surface area contributed by atoms with Gasteiger partial charge in [-0.25, -0.2) is 0 Å². The van der Waals surface area contributed by atoms with E-state index in [1.807, 2.05) is 6.07 Å². The van der Waals surface area contributed by atoms with Gasteiger partial charge in [0.05, 0.1) is 6.07 Å². The Morgan fingerprint density at radius 1 is 1.55 bits per heavy atom. The zero-order chi connectivity index (χ0) is 8.53. The molecule has 0 radical (unpaired) electrons. The largest absolute Gasteiger partial charge is 0.193 e. The summed E-state index contributed by atoms with van der Waals surface area (Å²) in [6, 6.07) is 1.94. The minimum absolute atomic E-state index is 0.820. The molecule has 0 heterocycles. The van der Waals surface area contributed by atoms with E-state index in [0.717, 1.165) is 18.4 Å². The summed E-state index contributed by atoms with van der Waals surface area (Å²) in [5.41, 5.74) is 0.820. The molecule has 0 atom stereocenters. The van der Waals surface area contributed by atoms with Gasteiger partial charge >= 0.3 is 0 Å². The van der Waals surface area contributed by atoms with Crippen LogP contribution in [0.15, 0.2) is 11.6 Å². The smallest absolute Gasteiger partial charge is 0.0921 e. The van der Waals surface area contributed by atoms with Crippen LogP contribution in [0.5, 0.6) is 0 Å². The number of rotatable bonds is 4. The van der Waals surface area contributed by atoms with E-state index in [2.05, 4.69) is 12.8 Å². The average Bonchev–Trinajstić information content (AvgIpc) is 2.03. The Morgan fingerprint density at radius 2 is 2.27 bits per heavy atom. The van der Waals surface area contributed by atoms with Gasteiger partial charge in [-0.15, -0.1) is 6.42 Å². The molecule has 0 fully saturated rings. The Balaban J connectivity index is 3.66. The van der Waals surface area contributed by atoms with Gasteiger partial charge in [-0.3, -0.25) is 0 Å². The minimum Gasteiger partial charge on any atom is -0.193 e. The van der Waals surface area contributed by atoms with E-state index in [1.165, 1.54) is 18.9 Å². The fraction of sp³-hybridized carbons (Fsp3) is 0.500. The summed E-state index contributed by atoms with van der Waals surface area (Å²) in [6.45, 7) is 2.14. The quantitative estimate of drug-likeness (QED) is 0.340. The molecule has 58 valence electrons. The highest BCUT2D eigenvalue weighted by atomic mass is 14.2. The first-order valence-corrected chi connectivity index (χ1v) is 3.90. The zero-order valence-electron chi connectivity index (χ0n) is 6.93. The lowest BCUT2D eigenvalue weighted by Crippen LogP contribution is -1.79. The van der Waals surface area contributed by atoms with Crippen molar-refractivity contribution in [2.24, 2.45) is 0 Å². The third-order valence-electron chi connectivity index (χ3n) is 1.47. The topological polar surface area (TPSA) is 23.8 Å². The first-order valence-electron chi connectivity index (χ1n) is 3.90. The van der Waals surface area contributed by atoms with Crippen molar-refractivity contribution in [3.8, 4) is 18.4 Å². The highest BCUT2D eigenvalue weighted by molar-refractivity contribution is 5.29. The molecule has 0 spiro atoms. The van der Waals surface area contributed by atoms with Crippen LogP contribution >= 0.6 is 0 Å². The summed E-state index contributed by atoms with van der Waals surface area (Å²) >= 11 is 0. The van der Waals surface area contributed by atoms with Gasteiger partial charge in [-0.05, 0) is 12.8 Å². The molecule has 0 aromatic heterocycles. The van der Waals surface area contributed by atoms with Gasteiger partial charge in [0.25, 0.3) is 0 Å². The van der Waals surface area contributed by atoms with E-state index >= 15 is 0 Å². The van der Waals surface area contributed by atoms with Gasteiger partial charge in [-0.2, -0.15) is 5.26 Å². The molecule has 0 aromatic rings. The van der Waals surface area contributed by atoms with E-state index < -0.39 is 0 Å². The third kappa shape index (κ3) is 5.25. The van der Waals surface area contributed by atoms with Crippen LogP contribution < -0.4 is 0 Å². The molecule has 11 heavy (non-hydrogen) atoms. The van der Waals surface area contributed by atoms with Crippen molar-refractivity contribution in [3.63, 3.8) is 0 Å². The maximum atomic E-state index is 8.30. The summed E-state index contributed by atoms with van der Waals surface area (Å²) in [4.78, 5) is 0. The lowest BCUT2D eigenvalue weighted by atomic mass is 10.1. The summed E-state index contributed by atoms with van der Waals surface area (Å²) < 4.78 is 0. The fourth-order valence-electron chi connectivity index (χ4n) is 0.829. The first-order chi connectivity index (χ1) is 5.35. The Kier molecular flexibility index (Phi) is 6.14. The Labute approximate surface area is 68.7 Å². The molecular weight excluding hydrogens is 134 g/mol. The molecular formula is C10H13N. The van der Waals surface area contributed by atoms with Crippen molar-refractivity contribution in [1.29, 1.82) is 5.26 Å². The lowest BCUT2D eigenvalue weighted by Gasteiger charge is -1.95. The van der Waals surface area contributed by atoms with E-state index in [-0.39, 0.29) is 0 Å². The second-order valence-corrected chi connectivity index (χ2v) is 2.40. The summed E-state index contributed by atoms with van der Waals surface area (Å²) in [7, 11) is 0. The predicted octanol–water partition coefficient (Wildman–Crippen LogP) is 2.65. The monoisotopic (exact) mass is 147 g/mol. The first kappa shape index (κ1) is 9.79. The van der Waals surface area contributed by atoms with Gasteiger partial charge in [0.15, 0.2) is 0 Å². The van der Waals surface area contributed by atoms with E-state index in [1.54, 1.807) is 0 Å². The van der Waals surface area contributed by atoms with Crippen LogP contribution in [0, 0.1) is 23.7 Å². The standard InChI is InChI=1S/C10H13N/c1-3-5-6-7-10(4-2)8-9-11/h2,8H,3,5-7H2,1H3/b10-8-. The number of nitrogens with zero attached hydrogens (tertiary/aromatic N) is 1. The molecule has 0 bridgehead atoms. The number of hydrogen-bond donors (Lipinski definition) is 0. The van der Waals surface area contributed by atoms with E-state index in [9.17, 15) is 0 Å². The second-order valence-electron chi connectivity index (χ2n) is 2.40. The fourth-order valence-corrected chi connectivity index (χ4v) is 0.829. The molecule has 0 aromatic carbocycles. The Morgan fingerprint density at radius 3 is 2.73 bits per heavy atom. The van der Waals surface area contributed by atoms with Gasteiger partial charge in [0, 0.05) is 11.6 Å². The number of hydrogen-bond acceptors (Lipinski definition) is 1. The van der Waals surface area contributed by atoms with E-state index in [4.69, 9.17) is 11.7 Å². The van der Waals surface area contributed by atoms with Crippen LogP contribution in [0.2, 0.25) is 0 Å². The molecule has 0 N–H and O–H groups in total. The lowest BCUT2D eigenvalue weighted by molar-refractivity contribution is 0.721. The summed E-state index contributed by atoms with van der Waals surface area (Å²) in [5.74, 6) is 2.50. The molecule has 1 heteroatoms. The molecule has 0 rings (SSSR count). The van der Waals surface area contributed by atoms with Crippen LogP contribution in [0.4, 0.5) is 0 Å². The normalized spacial score (nSPS) is 10.3. The number of unbranched alkanes of at least 4 members (excludes halogenated alkanes) is 2. The van der Waals surface area contributed by atoms with Gasteiger partial charge in [-0.1, -0.05) is 25.7 Å². The van der Waals surface area contributed by atoms with Crippen LogP contribution in [0.3, 0.4) is 0 Å². The van der Waals surface area contributed by atoms with E-state index in [0.29, 0.717) is 0 Å². The summed E-state index contributed by atoms with van der Waals surface area (Å²) in [6.07, 6.45) is 11.0. The Bertz CT molecular complexity index is 200. The SMILES string of the molecule is C#C/C(=C/C#N)CCCCC. The highest BCUT2D eigenvalue weighted by Gasteiger charge is 1.91. The van der Waals surface area contributed by atoms with Gasteiger partial charge < -0.3 is 0 Å². The molecule has 0 aliphatic carbocycles. The predicted molar refractivity (Wildman–Crippen MR) is 46.7 cm³/mol. The van der Waals surface area contributed by atoms with Crippen molar-refractivity contribution in [1.82, 2.24) is 0 Å². The highest BCUT2D eigenvalue weighted by Crippen LogP contribution is 2.06. The Hall–Kier alpha value is -1.21.